The van der Waals surface area contributed by atoms with Crippen molar-refractivity contribution in [2.45, 2.75) is 15.2 Å². The van der Waals surface area contributed by atoms with Gasteiger partial charge >= 0.3 is 0 Å². The summed E-state index contributed by atoms with van der Waals surface area (Å²) in [5, 5.41) is 10.0. The third-order valence-electron chi connectivity index (χ3n) is 14.6. The lowest BCUT2D eigenvalue weighted by atomic mass is 9.59. The zero-order valence-corrected chi connectivity index (χ0v) is 37.8. The number of benzene rings is 11. The molecule has 3 heterocycles. The van der Waals surface area contributed by atoms with Gasteiger partial charge in [0.05, 0.1) is 27.8 Å². The number of fused-ring (bicyclic) bond motifs is 15. The van der Waals surface area contributed by atoms with Crippen LogP contribution in [0.4, 0.5) is 17.1 Å². The highest BCUT2D eigenvalue weighted by molar-refractivity contribution is 7.99. The molecule has 15 rings (SSSR count). The lowest BCUT2D eigenvalue weighted by Crippen LogP contribution is -2.36. The summed E-state index contributed by atoms with van der Waals surface area (Å²) in [5.74, 6) is 0. The van der Waals surface area contributed by atoms with Crippen molar-refractivity contribution in [1.29, 1.82) is 0 Å². The van der Waals surface area contributed by atoms with Crippen LogP contribution in [0.15, 0.2) is 240 Å². The number of rotatable bonds is 4. The Morgan fingerprint density at radius 2 is 1.00 bits per heavy atom. The van der Waals surface area contributed by atoms with Gasteiger partial charge in [0.1, 0.15) is 0 Å². The number of hydrogen-bond donors (Lipinski definition) is 0. The Bertz CT molecular complexity index is 4180. The van der Waals surface area contributed by atoms with Gasteiger partial charge in [-0.2, -0.15) is 0 Å². The van der Waals surface area contributed by atoms with Crippen molar-refractivity contribution >= 4 is 104 Å². The zero-order valence-electron chi connectivity index (χ0n) is 36.2. The van der Waals surface area contributed by atoms with Crippen LogP contribution >= 0.6 is 23.1 Å². The molecule has 1 aliphatic carbocycles. The maximum Gasteiger partial charge on any atom is 0.0735 e. The molecule has 2 nitrogen and oxygen atoms in total. The van der Waals surface area contributed by atoms with Gasteiger partial charge in [0.2, 0.25) is 0 Å². The van der Waals surface area contributed by atoms with E-state index < -0.39 is 5.41 Å². The van der Waals surface area contributed by atoms with E-state index in [-0.39, 0.29) is 0 Å². The molecule has 312 valence electrons. The van der Waals surface area contributed by atoms with Crippen LogP contribution in [0.3, 0.4) is 0 Å². The van der Waals surface area contributed by atoms with Crippen LogP contribution in [0, 0.1) is 0 Å². The fourth-order valence-corrected chi connectivity index (χ4v) is 14.3. The molecule has 1 aliphatic heterocycles. The van der Waals surface area contributed by atoms with E-state index in [9.17, 15) is 0 Å². The second kappa shape index (κ2) is 14.1. The maximum absolute atomic E-state index is 2.53. The van der Waals surface area contributed by atoms with Gasteiger partial charge in [-0.3, -0.25) is 0 Å². The number of thiophene rings is 1. The first-order valence-electron chi connectivity index (χ1n) is 23.0. The first-order valence-corrected chi connectivity index (χ1v) is 24.6. The molecule has 1 spiro atoms. The van der Waals surface area contributed by atoms with Gasteiger partial charge in [-0.25, -0.2) is 0 Å². The Balaban J connectivity index is 1.01. The summed E-state index contributed by atoms with van der Waals surface area (Å²) in [5.41, 5.74) is 14.4. The van der Waals surface area contributed by atoms with E-state index in [2.05, 4.69) is 240 Å². The van der Waals surface area contributed by atoms with Gasteiger partial charge in [0, 0.05) is 62.9 Å². The van der Waals surface area contributed by atoms with Crippen molar-refractivity contribution in [2.24, 2.45) is 0 Å². The molecule has 0 amide bonds. The van der Waals surface area contributed by atoms with Crippen LogP contribution < -0.4 is 4.90 Å². The summed E-state index contributed by atoms with van der Waals surface area (Å²) in [6, 6.07) is 86.5. The molecular weight excluding hydrogens is 849 g/mol. The van der Waals surface area contributed by atoms with Crippen molar-refractivity contribution < 1.29 is 0 Å². The average Bonchev–Trinajstić information content (AvgIpc) is 3.93. The lowest BCUT2D eigenvalue weighted by Gasteiger charge is -2.46. The summed E-state index contributed by atoms with van der Waals surface area (Å²) in [6.45, 7) is 0. The highest BCUT2D eigenvalue weighted by atomic mass is 32.2. The molecule has 4 heteroatoms. The molecule has 0 atom stereocenters. The van der Waals surface area contributed by atoms with Gasteiger partial charge in [0.25, 0.3) is 0 Å². The summed E-state index contributed by atoms with van der Waals surface area (Å²) in [6.07, 6.45) is 0. The van der Waals surface area contributed by atoms with E-state index in [1.165, 1.54) is 112 Å². The maximum atomic E-state index is 2.53. The van der Waals surface area contributed by atoms with E-state index in [0.717, 1.165) is 17.1 Å². The number of nitrogens with zero attached hydrogens (tertiary/aromatic N) is 2. The van der Waals surface area contributed by atoms with Crippen LogP contribution in [0.1, 0.15) is 22.3 Å². The smallest absolute Gasteiger partial charge is 0.0735 e. The van der Waals surface area contributed by atoms with Crippen molar-refractivity contribution in [3.8, 4) is 16.8 Å². The normalized spacial score (nSPS) is 13.4. The largest absolute Gasteiger partial charge is 0.309 e. The van der Waals surface area contributed by atoms with Crippen LogP contribution in [0.2, 0.25) is 0 Å². The Labute approximate surface area is 395 Å². The fraction of sp³-hybridized carbons (Fsp3) is 0.0159. The zero-order chi connectivity index (χ0) is 43.8. The molecule has 2 aliphatic rings. The molecule has 0 radical (unpaired) electrons. The molecule has 0 saturated heterocycles. The Morgan fingerprint density at radius 3 is 1.87 bits per heavy atom. The molecule has 2 aromatic heterocycles. The number of para-hydroxylation sites is 1. The molecular formula is C63H38N2S2. The average molecular weight is 887 g/mol. The minimum absolute atomic E-state index is 0.510. The van der Waals surface area contributed by atoms with Crippen LogP contribution in [0.25, 0.3) is 80.3 Å². The highest BCUT2D eigenvalue weighted by Gasteiger charge is 2.48. The van der Waals surface area contributed by atoms with Gasteiger partial charge in [-0.15, -0.1) is 11.3 Å². The van der Waals surface area contributed by atoms with Crippen molar-refractivity contribution in [1.82, 2.24) is 4.57 Å². The van der Waals surface area contributed by atoms with Crippen molar-refractivity contribution in [2.75, 3.05) is 4.90 Å². The van der Waals surface area contributed by atoms with Crippen LogP contribution in [-0.4, -0.2) is 4.57 Å². The summed E-state index contributed by atoms with van der Waals surface area (Å²) in [4.78, 5) is 5.15. The third kappa shape index (κ3) is 5.12. The quantitative estimate of drug-likeness (QED) is 0.174. The molecule has 11 aromatic carbocycles. The molecule has 0 bridgehead atoms. The van der Waals surface area contributed by atoms with Crippen molar-refractivity contribution in [3.63, 3.8) is 0 Å². The monoisotopic (exact) mass is 886 g/mol. The lowest BCUT2D eigenvalue weighted by molar-refractivity contribution is 0.707. The van der Waals surface area contributed by atoms with Gasteiger partial charge in [-0.1, -0.05) is 176 Å². The highest BCUT2D eigenvalue weighted by Crippen LogP contribution is 2.62. The van der Waals surface area contributed by atoms with Crippen LogP contribution in [-0.2, 0) is 5.41 Å². The van der Waals surface area contributed by atoms with Gasteiger partial charge in [0.15, 0.2) is 0 Å². The Kier molecular flexibility index (Phi) is 7.84. The second-order valence-corrected chi connectivity index (χ2v) is 20.1. The molecule has 0 unspecified atom stereocenters. The van der Waals surface area contributed by atoms with E-state index in [0.29, 0.717) is 0 Å². The molecule has 67 heavy (non-hydrogen) atoms. The molecule has 0 N–H and O–H groups in total. The SMILES string of the molecule is c1ccc2c(c1)Sc1ccccc1C21c2ccccc2-c2ccc(N(c3ccc4c(c3)c3ccccc3n4-c3ccc4c(c3)sc3ccccc34)c3cccc4ccccc34)c3cccc1c23. The number of aromatic nitrogens is 1. The summed E-state index contributed by atoms with van der Waals surface area (Å²) in [7, 11) is 0. The topological polar surface area (TPSA) is 8.17 Å². The third-order valence-corrected chi connectivity index (χ3v) is 16.9. The van der Waals surface area contributed by atoms with Gasteiger partial charge < -0.3 is 9.47 Å². The van der Waals surface area contributed by atoms with E-state index >= 15 is 0 Å². The Hall–Kier alpha value is -7.89. The van der Waals surface area contributed by atoms with E-state index in [4.69, 9.17) is 0 Å². The van der Waals surface area contributed by atoms with Gasteiger partial charge in [-0.05, 0) is 111 Å². The van der Waals surface area contributed by atoms with E-state index in [1.54, 1.807) is 0 Å². The second-order valence-electron chi connectivity index (χ2n) is 17.9. The molecule has 13 aromatic rings. The van der Waals surface area contributed by atoms with E-state index in [1.807, 2.05) is 23.1 Å². The number of anilines is 3. The molecule has 0 fully saturated rings. The molecule has 0 saturated carbocycles. The number of hydrogen-bond acceptors (Lipinski definition) is 3. The first-order chi connectivity index (χ1) is 33.2. The standard InChI is InChI=1S/C63H38N2S2/c1-2-17-42-39(15-1)16-13-27-54(42)64(40-32-35-57-49(37-40)44-19-4-9-26-55(44)65(57)41-31-33-46-45-20-5-10-28-58(45)66-61(46)38-41)56-36-34-47-43-18-3-6-22-50(43)63(53-25-14-21-48(56)62(47)53)51-23-7-11-29-59(51)67-60-30-12-8-24-52(60)63/h1-38H. The predicted octanol–water partition coefficient (Wildman–Crippen LogP) is 17.8. The predicted molar refractivity (Wildman–Crippen MR) is 285 cm³/mol. The minimum atomic E-state index is -0.510. The summed E-state index contributed by atoms with van der Waals surface area (Å²) < 4.78 is 5.08. The fourth-order valence-electron chi connectivity index (χ4n) is 11.9. The summed E-state index contributed by atoms with van der Waals surface area (Å²) >= 11 is 3.76. The van der Waals surface area contributed by atoms with Crippen LogP contribution in [0.5, 0.6) is 0 Å². The first kappa shape index (κ1) is 37.3. The minimum Gasteiger partial charge on any atom is -0.309 e. The van der Waals surface area contributed by atoms with Crippen molar-refractivity contribution in [3.05, 3.63) is 253 Å². The Morgan fingerprint density at radius 1 is 0.373 bits per heavy atom.